The number of hydrogen-bond donors (Lipinski definition) is 8. The lowest BCUT2D eigenvalue weighted by Crippen LogP contribution is -2.33. The van der Waals surface area contributed by atoms with E-state index in [-0.39, 0.29) is 115 Å². The topological polar surface area (TPSA) is 291 Å². The first-order chi connectivity index (χ1) is 32.0. The molecule has 0 aromatic carbocycles. The molecule has 0 aromatic heterocycles. The number of aliphatic hydroxyl groups is 4. The standard InChI is InChI=1S/C35H72O22S8/c36-1-5-44-9-13-58-25-32(60-15-11-46-7-3-38)21-48-17-30(52-23-33(61-16-12-47-8-4-39)26-59-14-10-45-6-2-37)19-50-29-51-20-31(53-24-35(65-57-43)28-63-55-41)18-49-22-34(64-56-42)27-62-54-40/h30-43H,1-29H2. The zero-order chi connectivity index (χ0) is 47.5. The number of ether oxygens (including phenoxy) is 10. The predicted molar refractivity (Wildman–Crippen MR) is 259 cm³/mol. The fourth-order valence-electron chi connectivity index (χ4n) is 4.56. The van der Waals surface area contributed by atoms with Crippen LogP contribution in [0.3, 0.4) is 0 Å². The van der Waals surface area contributed by atoms with E-state index in [2.05, 4.69) is 17.3 Å². The zero-order valence-corrected chi connectivity index (χ0v) is 43.1. The first-order valence-electron chi connectivity index (χ1n) is 20.5. The van der Waals surface area contributed by atoms with Gasteiger partial charge in [0.1, 0.15) is 19.0 Å². The molecule has 22 nitrogen and oxygen atoms in total. The average Bonchev–Trinajstić information content (AvgIpc) is 3.31. The summed E-state index contributed by atoms with van der Waals surface area (Å²) in [4.78, 5) is 0. The molecular formula is C35H72O22S8. The van der Waals surface area contributed by atoms with Crippen LogP contribution in [0.5, 0.6) is 0 Å². The quantitative estimate of drug-likeness (QED) is 0.0143. The zero-order valence-electron chi connectivity index (χ0n) is 36.5. The lowest BCUT2D eigenvalue weighted by Gasteiger charge is -2.24. The van der Waals surface area contributed by atoms with Crippen LogP contribution >= 0.6 is 95.2 Å². The summed E-state index contributed by atoms with van der Waals surface area (Å²) in [5.74, 6) is 4.91. The van der Waals surface area contributed by atoms with Crippen molar-refractivity contribution < 1.29 is 106 Å². The first-order valence-corrected chi connectivity index (χ1v) is 28.3. The Morgan fingerprint density at radius 3 is 1.12 bits per heavy atom. The molecule has 0 aliphatic carbocycles. The SMILES string of the molecule is OCCOCCSCC(COCC(COCOCC(COCC(CSOO)SOO)OCC(CSOO)SOO)OCC(CSCCOCCO)SCCOCCO)SCCOCCO. The molecule has 65 heavy (non-hydrogen) atoms. The van der Waals surface area contributed by atoms with Gasteiger partial charge in [-0.15, -0.1) is 0 Å². The van der Waals surface area contributed by atoms with Crippen LogP contribution in [0.15, 0.2) is 0 Å². The first kappa shape index (κ1) is 66.9. The minimum atomic E-state index is -0.647. The van der Waals surface area contributed by atoms with E-state index in [0.717, 1.165) is 71.2 Å². The fraction of sp³-hybridized carbons (Fsp3) is 1.00. The molecule has 0 amide bonds. The molecule has 6 unspecified atom stereocenters. The van der Waals surface area contributed by atoms with Crippen molar-refractivity contribution in [2.75, 3.05) is 185 Å². The van der Waals surface area contributed by atoms with Gasteiger partial charge in [-0.25, -0.2) is 21.0 Å². The van der Waals surface area contributed by atoms with Crippen LogP contribution in [0, 0.1) is 0 Å². The van der Waals surface area contributed by atoms with Gasteiger partial charge in [-0.1, -0.05) is 0 Å². The van der Waals surface area contributed by atoms with Gasteiger partial charge in [0.25, 0.3) is 0 Å². The van der Waals surface area contributed by atoms with Gasteiger partial charge in [-0.05, 0) is 0 Å². The third kappa shape index (κ3) is 46.7. The van der Waals surface area contributed by atoms with Gasteiger partial charge < -0.3 is 67.8 Å². The minimum absolute atomic E-state index is 0.0196. The van der Waals surface area contributed by atoms with Crippen LogP contribution in [0.25, 0.3) is 0 Å². The van der Waals surface area contributed by atoms with Gasteiger partial charge in [-0.2, -0.15) is 64.4 Å². The maximum atomic E-state index is 9.10. The summed E-state index contributed by atoms with van der Waals surface area (Å²) in [6.07, 6.45) is -1.13. The Labute approximate surface area is 417 Å². The molecule has 6 atom stereocenters. The third-order valence-corrected chi connectivity index (χ3v) is 15.4. The van der Waals surface area contributed by atoms with Crippen LogP contribution in [-0.2, 0) is 64.7 Å². The summed E-state index contributed by atoms with van der Waals surface area (Å²) in [5, 5.41) is 70.8. The van der Waals surface area contributed by atoms with Crippen molar-refractivity contribution in [1.29, 1.82) is 0 Å². The Hall–Kier alpha value is 1.92. The minimum Gasteiger partial charge on any atom is -0.394 e. The maximum absolute atomic E-state index is 9.10. The molecule has 0 aromatic rings. The second kappa shape index (κ2) is 55.2. The highest BCUT2D eigenvalue weighted by molar-refractivity contribution is 8.03. The highest BCUT2D eigenvalue weighted by Crippen LogP contribution is 2.22. The van der Waals surface area contributed by atoms with E-state index in [1.165, 1.54) is 0 Å². The third-order valence-electron chi connectivity index (χ3n) is 7.45. The monoisotopic (exact) mass is 1100 g/mol. The van der Waals surface area contributed by atoms with Gasteiger partial charge in [0.2, 0.25) is 0 Å². The van der Waals surface area contributed by atoms with Crippen molar-refractivity contribution in [3.63, 3.8) is 0 Å². The molecule has 8 N–H and O–H groups in total. The van der Waals surface area contributed by atoms with Gasteiger partial charge in [0.05, 0.1) is 143 Å². The molecule has 0 spiro atoms. The van der Waals surface area contributed by atoms with E-state index in [0.29, 0.717) is 57.8 Å². The van der Waals surface area contributed by atoms with E-state index in [1.54, 1.807) is 47.0 Å². The molecule has 0 bridgehead atoms. The summed E-state index contributed by atoms with van der Waals surface area (Å²) in [6, 6.07) is 0. The van der Waals surface area contributed by atoms with Crippen LogP contribution < -0.4 is 0 Å². The second-order valence-corrected chi connectivity index (χ2v) is 21.2. The molecular weight excluding hydrogens is 1030 g/mol. The number of hydrogen-bond acceptors (Lipinski definition) is 30. The van der Waals surface area contributed by atoms with Crippen molar-refractivity contribution in [2.24, 2.45) is 0 Å². The van der Waals surface area contributed by atoms with Crippen molar-refractivity contribution in [1.82, 2.24) is 0 Å². The van der Waals surface area contributed by atoms with E-state index in [1.807, 2.05) is 0 Å². The molecule has 0 saturated heterocycles. The summed E-state index contributed by atoms with van der Waals surface area (Å²) in [7, 11) is 0. The molecule has 0 rings (SSSR count). The Bertz CT molecular complexity index is 933. The summed E-state index contributed by atoms with van der Waals surface area (Å²) < 4.78 is 74.6. The normalized spacial score (nSPS) is 14.8. The van der Waals surface area contributed by atoms with Crippen molar-refractivity contribution in [3.8, 4) is 0 Å². The van der Waals surface area contributed by atoms with Crippen molar-refractivity contribution in [2.45, 2.75) is 33.2 Å². The van der Waals surface area contributed by atoms with E-state index in [4.69, 9.17) is 88.8 Å². The Kier molecular flexibility index (Phi) is 56.9. The molecule has 0 aliphatic heterocycles. The van der Waals surface area contributed by atoms with Gasteiger partial charge >= 0.3 is 0 Å². The smallest absolute Gasteiger partial charge is 0.146 e. The van der Waals surface area contributed by atoms with E-state index in [9.17, 15) is 0 Å². The molecule has 0 heterocycles. The van der Waals surface area contributed by atoms with Gasteiger partial charge in [-0.3, -0.25) is 0 Å². The van der Waals surface area contributed by atoms with E-state index >= 15 is 0 Å². The number of aliphatic hydroxyl groups excluding tert-OH is 4. The molecule has 0 aliphatic rings. The highest BCUT2D eigenvalue weighted by Gasteiger charge is 2.21. The molecule has 30 heteroatoms. The van der Waals surface area contributed by atoms with Crippen LogP contribution in [0.2, 0.25) is 0 Å². The summed E-state index contributed by atoms with van der Waals surface area (Å²) >= 11 is 9.78. The molecule has 0 saturated carbocycles. The summed E-state index contributed by atoms with van der Waals surface area (Å²) in [5.41, 5.74) is 0. The van der Waals surface area contributed by atoms with Gasteiger partial charge in [0, 0.05) is 105 Å². The Morgan fingerprint density at radius 1 is 0.338 bits per heavy atom. The second-order valence-electron chi connectivity index (χ2n) is 12.6. The predicted octanol–water partition coefficient (Wildman–Crippen LogP) is 2.77. The number of thioether (sulfide) groups is 4. The Morgan fingerprint density at radius 2 is 0.708 bits per heavy atom. The number of rotatable bonds is 56. The molecule has 392 valence electrons. The highest BCUT2D eigenvalue weighted by atomic mass is 32.2. The lowest BCUT2D eigenvalue weighted by atomic mass is 10.4. The van der Waals surface area contributed by atoms with Crippen LogP contribution in [0.1, 0.15) is 0 Å². The van der Waals surface area contributed by atoms with Crippen molar-refractivity contribution in [3.05, 3.63) is 0 Å². The summed E-state index contributed by atoms with van der Waals surface area (Å²) in [6.45, 7) is 4.17. The van der Waals surface area contributed by atoms with Crippen LogP contribution in [0.4, 0.5) is 0 Å². The molecule has 0 fully saturated rings. The fourth-order valence-corrected chi connectivity index (χ4v) is 10.8. The average molecular weight is 1100 g/mol. The van der Waals surface area contributed by atoms with Gasteiger partial charge in [0.15, 0.2) is 0 Å². The largest absolute Gasteiger partial charge is 0.394 e. The lowest BCUT2D eigenvalue weighted by molar-refractivity contribution is -0.133. The van der Waals surface area contributed by atoms with E-state index < -0.39 is 22.7 Å². The Balaban J connectivity index is 5.72. The maximum Gasteiger partial charge on any atom is 0.146 e. The molecule has 0 radical (unpaired) electrons. The van der Waals surface area contributed by atoms with Crippen molar-refractivity contribution >= 4 is 95.2 Å². The van der Waals surface area contributed by atoms with Crippen LogP contribution in [-0.4, -0.2) is 260 Å².